The van der Waals surface area contributed by atoms with Crippen LogP contribution in [0.25, 0.3) is 16.6 Å². The predicted octanol–water partition coefficient (Wildman–Crippen LogP) is 3.65. The van der Waals surface area contributed by atoms with Crippen molar-refractivity contribution in [2.75, 3.05) is 0 Å². The number of rotatable bonds is 2. The molecule has 0 amide bonds. The minimum atomic E-state index is -0.428. The Labute approximate surface area is 121 Å². The topological polar surface area (TPSA) is 41.6 Å². The second-order valence-corrected chi connectivity index (χ2v) is 4.84. The zero-order valence-corrected chi connectivity index (χ0v) is 11.5. The Morgan fingerprint density at radius 1 is 1.29 bits per heavy atom. The van der Waals surface area contributed by atoms with Gasteiger partial charge in [0.2, 0.25) is 0 Å². The van der Waals surface area contributed by atoms with E-state index in [1.54, 1.807) is 12.4 Å². The Morgan fingerprint density at radius 3 is 2.86 bits per heavy atom. The normalized spacial score (nSPS) is 10.5. The Balaban J connectivity index is 2.10. The molecule has 102 valence electrons. The molecule has 0 atom stereocenters. The third-order valence-electron chi connectivity index (χ3n) is 3.50. The van der Waals surface area contributed by atoms with Crippen LogP contribution in [0.2, 0.25) is 0 Å². The maximum atomic E-state index is 13.2. The van der Waals surface area contributed by atoms with Crippen LogP contribution in [0.15, 0.2) is 49.3 Å². The highest BCUT2D eigenvalue weighted by molar-refractivity contribution is 5.86. The smallest absolute Gasteiger partial charge is 0.124 e. The van der Waals surface area contributed by atoms with Gasteiger partial charge in [-0.25, -0.2) is 9.37 Å². The summed E-state index contributed by atoms with van der Waals surface area (Å²) in [5.74, 6) is -0.428. The molecule has 0 saturated heterocycles. The molecule has 3 rings (SSSR count). The van der Waals surface area contributed by atoms with Gasteiger partial charge in [0.15, 0.2) is 0 Å². The first-order valence-electron chi connectivity index (χ1n) is 6.40. The van der Waals surface area contributed by atoms with Crippen LogP contribution in [0, 0.1) is 17.1 Å². The van der Waals surface area contributed by atoms with Gasteiger partial charge < -0.3 is 4.57 Å². The summed E-state index contributed by atoms with van der Waals surface area (Å²) >= 11 is 0. The van der Waals surface area contributed by atoms with Crippen molar-refractivity contribution in [3.05, 3.63) is 71.8 Å². The van der Waals surface area contributed by atoms with Crippen LogP contribution in [0.1, 0.15) is 16.7 Å². The molecule has 21 heavy (non-hydrogen) atoms. The highest BCUT2D eigenvalue weighted by atomic mass is 19.1. The van der Waals surface area contributed by atoms with Gasteiger partial charge in [0, 0.05) is 7.05 Å². The van der Waals surface area contributed by atoms with E-state index in [0.717, 1.165) is 16.6 Å². The number of benzene rings is 2. The summed E-state index contributed by atoms with van der Waals surface area (Å²) in [5, 5.41) is 9.14. The molecule has 1 aromatic heterocycles. The van der Waals surface area contributed by atoms with Gasteiger partial charge in [-0.1, -0.05) is 18.7 Å². The van der Waals surface area contributed by atoms with Crippen LogP contribution in [0.4, 0.5) is 4.39 Å². The Hall–Kier alpha value is -2.93. The van der Waals surface area contributed by atoms with Gasteiger partial charge in [0.05, 0.1) is 29.0 Å². The molecule has 0 N–H and O–H groups in total. The fourth-order valence-corrected chi connectivity index (χ4v) is 2.35. The first-order valence-corrected chi connectivity index (χ1v) is 6.40. The zero-order chi connectivity index (χ0) is 15.0. The second-order valence-electron chi connectivity index (χ2n) is 4.84. The van der Waals surface area contributed by atoms with Crippen molar-refractivity contribution in [2.24, 2.45) is 7.05 Å². The number of halogens is 1. The van der Waals surface area contributed by atoms with E-state index in [4.69, 9.17) is 5.26 Å². The van der Waals surface area contributed by atoms with E-state index in [-0.39, 0.29) is 5.56 Å². The summed E-state index contributed by atoms with van der Waals surface area (Å²) in [7, 11) is 1.93. The van der Waals surface area contributed by atoms with Crippen molar-refractivity contribution >= 4 is 16.6 Å². The third-order valence-corrected chi connectivity index (χ3v) is 3.50. The molecule has 0 aliphatic carbocycles. The summed E-state index contributed by atoms with van der Waals surface area (Å²) in [6.07, 6.45) is 1.75. The highest BCUT2D eigenvalue weighted by Crippen LogP contribution is 2.27. The Kier molecular flexibility index (Phi) is 3.03. The maximum absolute atomic E-state index is 13.2. The van der Waals surface area contributed by atoms with Crippen molar-refractivity contribution < 1.29 is 4.39 Å². The van der Waals surface area contributed by atoms with Crippen LogP contribution in [0.5, 0.6) is 0 Å². The zero-order valence-electron chi connectivity index (χ0n) is 11.5. The molecule has 4 heteroatoms. The minimum Gasteiger partial charge on any atom is -0.334 e. The molecular formula is C17H12FN3. The number of aromatic nitrogens is 2. The summed E-state index contributed by atoms with van der Waals surface area (Å²) < 4.78 is 15.1. The van der Waals surface area contributed by atoms with E-state index in [0.29, 0.717) is 11.1 Å². The first kappa shape index (κ1) is 13.1. The molecule has 3 aromatic rings. The lowest BCUT2D eigenvalue weighted by Crippen LogP contribution is -1.93. The monoisotopic (exact) mass is 277 g/mol. The average molecular weight is 277 g/mol. The molecule has 0 saturated carbocycles. The summed E-state index contributed by atoms with van der Waals surface area (Å²) in [6.45, 7) is 4.04. The fourth-order valence-electron chi connectivity index (χ4n) is 2.35. The quantitative estimate of drug-likeness (QED) is 0.717. The Morgan fingerprint density at radius 2 is 2.10 bits per heavy atom. The highest BCUT2D eigenvalue weighted by Gasteiger charge is 2.10. The summed E-state index contributed by atoms with van der Waals surface area (Å²) in [6, 6.07) is 11.9. The van der Waals surface area contributed by atoms with Crippen LogP contribution >= 0.6 is 0 Å². The van der Waals surface area contributed by atoms with Crippen molar-refractivity contribution in [1.29, 1.82) is 5.26 Å². The van der Waals surface area contributed by atoms with E-state index in [2.05, 4.69) is 11.6 Å². The van der Waals surface area contributed by atoms with Gasteiger partial charge in [-0.2, -0.15) is 5.26 Å². The maximum Gasteiger partial charge on any atom is 0.124 e. The van der Waals surface area contributed by atoms with Crippen molar-refractivity contribution in [1.82, 2.24) is 9.55 Å². The van der Waals surface area contributed by atoms with Gasteiger partial charge in [-0.05, 0) is 41.0 Å². The van der Waals surface area contributed by atoms with Gasteiger partial charge in [-0.3, -0.25) is 0 Å². The van der Waals surface area contributed by atoms with Crippen LogP contribution < -0.4 is 0 Å². The van der Waals surface area contributed by atoms with Crippen molar-refractivity contribution in [3.63, 3.8) is 0 Å². The van der Waals surface area contributed by atoms with E-state index >= 15 is 0 Å². The molecular weight excluding hydrogens is 265 g/mol. The lowest BCUT2D eigenvalue weighted by Gasteiger charge is -2.08. The van der Waals surface area contributed by atoms with Crippen molar-refractivity contribution in [3.8, 4) is 6.07 Å². The van der Waals surface area contributed by atoms with Crippen LogP contribution in [-0.2, 0) is 7.05 Å². The fraction of sp³-hybridized carbons (Fsp3) is 0.0588. The first-order chi connectivity index (χ1) is 10.1. The number of nitriles is 1. The van der Waals surface area contributed by atoms with E-state index < -0.39 is 5.82 Å². The SMILES string of the molecule is C=C(c1ccc2c(c1)ncn2C)c1ccc(F)cc1C#N. The lowest BCUT2D eigenvalue weighted by molar-refractivity contribution is 0.627. The third kappa shape index (κ3) is 2.19. The van der Waals surface area contributed by atoms with E-state index in [9.17, 15) is 4.39 Å². The molecule has 0 aliphatic rings. The molecule has 0 aliphatic heterocycles. The minimum absolute atomic E-state index is 0.279. The molecule has 0 unspecified atom stereocenters. The lowest BCUT2D eigenvalue weighted by atomic mass is 9.95. The van der Waals surface area contributed by atoms with Gasteiger partial charge in [0.1, 0.15) is 5.82 Å². The van der Waals surface area contributed by atoms with Crippen LogP contribution in [0.3, 0.4) is 0 Å². The molecule has 0 spiro atoms. The molecule has 0 bridgehead atoms. The predicted molar refractivity (Wildman–Crippen MR) is 80.0 cm³/mol. The average Bonchev–Trinajstić information content (AvgIpc) is 2.87. The van der Waals surface area contributed by atoms with Gasteiger partial charge >= 0.3 is 0 Å². The number of imidazole rings is 1. The van der Waals surface area contributed by atoms with Gasteiger partial charge in [0.25, 0.3) is 0 Å². The molecule has 0 radical (unpaired) electrons. The number of fused-ring (bicyclic) bond motifs is 1. The van der Waals surface area contributed by atoms with Crippen molar-refractivity contribution in [2.45, 2.75) is 0 Å². The number of nitrogens with zero attached hydrogens (tertiary/aromatic N) is 3. The molecule has 2 aromatic carbocycles. The summed E-state index contributed by atoms with van der Waals surface area (Å²) in [4.78, 5) is 4.31. The van der Waals surface area contributed by atoms with Crippen LogP contribution in [-0.4, -0.2) is 9.55 Å². The Bertz CT molecular complexity index is 900. The standard InChI is InChI=1S/C17H12FN3/c1-11(15-5-4-14(18)7-13(15)9-19)12-3-6-17-16(8-12)20-10-21(17)2/h3-8,10H,1H2,2H3. The van der Waals surface area contributed by atoms with Gasteiger partial charge in [-0.15, -0.1) is 0 Å². The largest absolute Gasteiger partial charge is 0.334 e. The summed E-state index contributed by atoms with van der Waals surface area (Å²) in [5.41, 5.74) is 4.33. The second kappa shape index (κ2) is 4.88. The van der Waals surface area contributed by atoms with E-state index in [1.165, 1.54) is 12.1 Å². The molecule has 0 fully saturated rings. The number of hydrogen-bond acceptors (Lipinski definition) is 2. The molecule has 3 nitrogen and oxygen atoms in total. The van der Waals surface area contributed by atoms with E-state index in [1.807, 2.05) is 35.9 Å². The molecule has 1 heterocycles. The number of hydrogen-bond donors (Lipinski definition) is 0. The number of aryl methyl sites for hydroxylation is 1.